The van der Waals surface area contributed by atoms with Gasteiger partial charge in [0.25, 0.3) is 0 Å². The minimum absolute atomic E-state index is 0.163. The third kappa shape index (κ3) is 4.18. The molecule has 0 bridgehead atoms. The molecule has 7 heteroatoms. The van der Waals surface area contributed by atoms with Crippen LogP contribution in [-0.2, 0) is 22.9 Å². The molecule has 0 fully saturated rings. The fourth-order valence-electron chi connectivity index (χ4n) is 2.49. The minimum atomic E-state index is -3.45. The van der Waals surface area contributed by atoms with Gasteiger partial charge in [0, 0.05) is 13.0 Å². The van der Waals surface area contributed by atoms with E-state index in [4.69, 9.17) is 10.9 Å². The van der Waals surface area contributed by atoms with Crippen LogP contribution in [0.5, 0.6) is 0 Å². The number of benzene rings is 1. The summed E-state index contributed by atoms with van der Waals surface area (Å²) < 4.78 is 27.0. The van der Waals surface area contributed by atoms with E-state index in [1.54, 1.807) is 12.1 Å². The lowest BCUT2D eigenvalue weighted by Crippen LogP contribution is -2.25. The number of hydrogen-bond donors (Lipinski definition) is 3. The van der Waals surface area contributed by atoms with Crippen molar-refractivity contribution in [2.24, 2.45) is 10.9 Å². The summed E-state index contributed by atoms with van der Waals surface area (Å²) in [5.41, 5.74) is 7.75. The average molecular weight is 311 g/mol. The Labute approximate surface area is 125 Å². The Balaban J connectivity index is 1.87. The van der Waals surface area contributed by atoms with Crippen LogP contribution in [0.3, 0.4) is 0 Å². The van der Waals surface area contributed by atoms with E-state index in [0.29, 0.717) is 30.7 Å². The molecule has 0 saturated heterocycles. The van der Waals surface area contributed by atoms with Crippen LogP contribution in [0.25, 0.3) is 0 Å². The molecule has 1 aromatic carbocycles. The number of rotatable bonds is 7. The van der Waals surface area contributed by atoms with Crippen LogP contribution in [-0.4, -0.2) is 26.0 Å². The summed E-state index contributed by atoms with van der Waals surface area (Å²) in [4.78, 5) is 0.333. The SMILES string of the molecule is NC(CCCCNS(=O)(=O)c1ccc2c(c1)CCC2)=NO. The molecule has 0 aliphatic heterocycles. The molecule has 0 radical (unpaired) electrons. The van der Waals surface area contributed by atoms with E-state index < -0.39 is 10.0 Å². The Morgan fingerprint density at radius 2 is 2.05 bits per heavy atom. The molecule has 0 saturated carbocycles. The van der Waals surface area contributed by atoms with Crippen molar-refractivity contribution in [3.63, 3.8) is 0 Å². The van der Waals surface area contributed by atoms with Crippen molar-refractivity contribution in [1.82, 2.24) is 4.72 Å². The molecule has 0 unspecified atom stereocenters. The first-order valence-corrected chi connectivity index (χ1v) is 8.59. The summed E-state index contributed by atoms with van der Waals surface area (Å²) in [6.45, 7) is 0.345. The fraction of sp³-hybridized carbons (Fsp3) is 0.500. The van der Waals surface area contributed by atoms with Gasteiger partial charge in [-0.2, -0.15) is 0 Å². The number of amidine groups is 1. The van der Waals surface area contributed by atoms with E-state index >= 15 is 0 Å². The maximum Gasteiger partial charge on any atom is 0.240 e. The number of nitrogens with one attached hydrogen (secondary N) is 1. The molecule has 21 heavy (non-hydrogen) atoms. The number of sulfonamides is 1. The molecule has 0 spiro atoms. The molecule has 1 aliphatic rings. The molecule has 0 amide bonds. The lowest BCUT2D eigenvalue weighted by Gasteiger charge is -2.08. The largest absolute Gasteiger partial charge is 0.409 e. The number of fused-ring (bicyclic) bond motifs is 1. The molecule has 0 aromatic heterocycles. The molecule has 1 aliphatic carbocycles. The van der Waals surface area contributed by atoms with Gasteiger partial charge in [-0.15, -0.1) is 0 Å². The highest BCUT2D eigenvalue weighted by Gasteiger charge is 2.17. The third-order valence-corrected chi connectivity index (χ3v) is 5.12. The smallest absolute Gasteiger partial charge is 0.240 e. The Kier molecular flexibility index (Phi) is 5.19. The van der Waals surface area contributed by atoms with Crippen LogP contribution in [0.15, 0.2) is 28.3 Å². The zero-order valence-electron chi connectivity index (χ0n) is 11.9. The Bertz CT molecular complexity index is 626. The van der Waals surface area contributed by atoms with Crippen LogP contribution >= 0.6 is 0 Å². The van der Waals surface area contributed by atoms with Gasteiger partial charge < -0.3 is 10.9 Å². The van der Waals surface area contributed by atoms with Crippen molar-refractivity contribution in [1.29, 1.82) is 0 Å². The molecule has 1 aromatic rings. The predicted molar refractivity (Wildman–Crippen MR) is 80.9 cm³/mol. The molecule has 116 valence electrons. The van der Waals surface area contributed by atoms with Gasteiger partial charge in [0.2, 0.25) is 10.0 Å². The number of aryl methyl sites for hydroxylation is 2. The summed E-state index contributed by atoms with van der Waals surface area (Å²) in [6, 6.07) is 5.36. The maximum atomic E-state index is 12.2. The molecule has 0 heterocycles. The first kappa shape index (κ1) is 15.8. The van der Waals surface area contributed by atoms with E-state index in [-0.39, 0.29) is 5.84 Å². The minimum Gasteiger partial charge on any atom is -0.409 e. The summed E-state index contributed by atoms with van der Waals surface area (Å²) in [6.07, 6.45) is 4.86. The highest BCUT2D eigenvalue weighted by molar-refractivity contribution is 7.89. The molecule has 0 atom stereocenters. The molecule has 2 rings (SSSR count). The number of nitrogens with two attached hydrogens (primary N) is 1. The zero-order valence-corrected chi connectivity index (χ0v) is 12.7. The highest BCUT2D eigenvalue weighted by atomic mass is 32.2. The van der Waals surface area contributed by atoms with Crippen LogP contribution in [0, 0.1) is 0 Å². The van der Waals surface area contributed by atoms with Gasteiger partial charge in [-0.1, -0.05) is 11.2 Å². The van der Waals surface area contributed by atoms with Gasteiger partial charge in [0.05, 0.1) is 4.90 Å². The number of nitrogens with zero attached hydrogens (tertiary/aromatic N) is 1. The third-order valence-electron chi connectivity index (χ3n) is 3.66. The second kappa shape index (κ2) is 6.91. The van der Waals surface area contributed by atoms with Gasteiger partial charge in [0.15, 0.2) is 0 Å². The first-order chi connectivity index (χ1) is 10.0. The second-order valence-corrected chi connectivity index (χ2v) is 7.00. The Morgan fingerprint density at radius 3 is 2.81 bits per heavy atom. The van der Waals surface area contributed by atoms with Crippen molar-refractivity contribution in [2.45, 2.75) is 43.4 Å². The Hall–Kier alpha value is -1.60. The summed E-state index contributed by atoms with van der Waals surface area (Å²) >= 11 is 0. The molecule has 4 N–H and O–H groups in total. The zero-order chi connectivity index (χ0) is 15.3. The summed E-state index contributed by atoms with van der Waals surface area (Å²) in [7, 11) is -3.45. The summed E-state index contributed by atoms with van der Waals surface area (Å²) in [5, 5.41) is 11.3. The van der Waals surface area contributed by atoms with Crippen molar-refractivity contribution in [3.05, 3.63) is 29.3 Å². The lowest BCUT2D eigenvalue weighted by atomic mass is 10.1. The normalized spacial score (nSPS) is 15.1. The maximum absolute atomic E-state index is 12.2. The topological polar surface area (TPSA) is 105 Å². The average Bonchev–Trinajstić information content (AvgIpc) is 2.93. The Morgan fingerprint density at radius 1 is 1.29 bits per heavy atom. The standard InChI is InChI=1S/C14H21N3O3S/c15-14(17-18)6-1-2-9-16-21(19,20)13-8-7-11-4-3-5-12(11)10-13/h7-8,10,16,18H,1-6,9H2,(H2,15,17). The van der Waals surface area contributed by atoms with E-state index in [9.17, 15) is 8.42 Å². The van der Waals surface area contributed by atoms with Gasteiger partial charge in [0.1, 0.15) is 5.84 Å². The van der Waals surface area contributed by atoms with Crippen molar-refractivity contribution < 1.29 is 13.6 Å². The monoisotopic (exact) mass is 311 g/mol. The van der Waals surface area contributed by atoms with Crippen LogP contribution in [0.1, 0.15) is 36.8 Å². The second-order valence-electron chi connectivity index (χ2n) is 5.23. The number of unbranched alkanes of at least 4 members (excludes halogenated alkanes) is 1. The van der Waals surface area contributed by atoms with Gasteiger partial charge in [-0.3, -0.25) is 0 Å². The van der Waals surface area contributed by atoms with Crippen LogP contribution in [0.4, 0.5) is 0 Å². The van der Waals surface area contributed by atoms with Gasteiger partial charge in [-0.25, -0.2) is 13.1 Å². The van der Waals surface area contributed by atoms with Gasteiger partial charge in [-0.05, 0) is 55.4 Å². The number of oxime groups is 1. The molecule has 6 nitrogen and oxygen atoms in total. The molecular formula is C14H21N3O3S. The first-order valence-electron chi connectivity index (χ1n) is 7.11. The van der Waals surface area contributed by atoms with E-state index in [1.807, 2.05) is 6.07 Å². The lowest BCUT2D eigenvalue weighted by molar-refractivity contribution is 0.316. The fourth-order valence-corrected chi connectivity index (χ4v) is 3.61. The van der Waals surface area contributed by atoms with Crippen LogP contribution < -0.4 is 10.5 Å². The highest BCUT2D eigenvalue weighted by Crippen LogP contribution is 2.24. The number of hydrogen-bond acceptors (Lipinski definition) is 4. The van der Waals surface area contributed by atoms with E-state index in [0.717, 1.165) is 24.8 Å². The van der Waals surface area contributed by atoms with Crippen molar-refractivity contribution >= 4 is 15.9 Å². The summed E-state index contributed by atoms with van der Waals surface area (Å²) in [5.74, 6) is 0.163. The van der Waals surface area contributed by atoms with E-state index in [1.165, 1.54) is 5.56 Å². The molecular weight excluding hydrogens is 290 g/mol. The van der Waals surface area contributed by atoms with Crippen LogP contribution in [0.2, 0.25) is 0 Å². The quantitative estimate of drug-likeness (QED) is 0.232. The van der Waals surface area contributed by atoms with E-state index in [2.05, 4.69) is 9.88 Å². The predicted octanol–water partition coefficient (Wildman–Crippen LogP) is 1.37. The van der Waals surface area contributed by atoms with Gasteiger partial charge >= 0.3 is 0 Å². The van der Waals surface area contributed by atoms with Crippen molar-refractivity contribution in [2.75, 3.05) is 6.54 Å². The van der Waals surface area contributed by atoms with Crippen molar-refractivity contribution in [3.8, 4) is 0 Å².